The smallest absolute Gasteiger partial charge is 0.396 e. The van der Waals surface area contributed by atoms with Crippen LogP contribution in [-0.2, 0) is 10.5 Å². The highest BCUT2D eigenvalue weighted by Crippen LogP contribution is 2.34. The first-order valence-corrected chi connectivity index (χ1v) is 7.27. The van der Waals surface area contributed by atoms with E-state index in [2.05, 4.69) is 10.2 Å². The number of thioether (sulfide) groups is 1. The van der Waals surface area contributed by atoms with E-state index in [1.54, 1.807) is 6.92 Å². The van der Waals surface area contributed by atoms with E-state index >= 15 is 0 Å². The van der Waals surface area contributed by atoms with Crippen LogP contribution in [0.15, 0.2) is 27.8 Å². The molecular formula is C13H12N2O5S. The van der Waals surface area contributed by atoms with Gasteiger partial charge in [-0.3, -0.25) is 0 Å². The third-order valence-corrected chi connectivity index (χ3v) is 3.55. The first-order chi connectivity index (χ1) is 10.3. The fourth-order valence-corrected chi connectivity index (χ4v) is 2.43. The van der Waals surface area contributed by atoms with E-state index in [9.17, 15) is 4.79 Å². The van der Waals surface area contributed by atoms with Gasteiger partial charge in [-0.1, -0.05) is 22.9 Å². The molecule has 7 nitrogen and oxygen atoms in total. The average Bonchev–Trinajstić information content (AvgIpc) is 3.14. The highest BCUT2D eigenvalue weighted by Gasteiger charge is 2.17. The Hall–Kier alpha value is -2.22. The quantitative estimate of drug-likeness (QED) is 0.614. The number of carbonyl (C=O) groups is 1. The molecule has 0 bridgehead atoms. The van der Waals surface area contributed by atoms with Crippen LogP contribution >= 0.6 is 11.8 Å². The monoisotopic (exact) mass is 308 g/mol. The number of rotatable bonds is 5. The molecule has 21 heavy (non-hydrogen) atoms. The van der Waals surface area contributed by atoms with Crippen molar-refractivity contribution in [2.45, 2.75) is 17.9 Å². The number of nitrogens with zero attached hydrogens (tertiary/aromatic N) is 2. The maximum Gasteiger partial charge on any atom is 0.396 e. The van der Waals surface area contributed by atoms with E-state index in [-0.39, 0.29) is 19.3 Å². The van der Waals surface area contributed by atoms with Gasteiger partial charge in [-0.25, -0.2) is 4.79 Å². The number of benzene rings is 1. The Kier molecular flexibility index (Phi) is 3.96. The number of hydrogen-bond donors (Lipinski definition) is 0. The summed E-state index contributed by atoms with van der Waals surface area (Å²) in [7, 11) is 0. The van der Waals surface area contributed by atoms with Crippen molar-refractivity contribution in [2.24, 2.45) is 0 Å². The Bertz CT molecular complexity index is 658. The van der Waals surface area contributed by atoms with Gasteiger partial charge in [-0.15, -0.1) is 5.10 Å². The summed E-state index contributed by atoms with van der Waals surface area (Å²) < 4.78 is 20.6. The van der Waals surface area contributed by atoms with Gasteiger partial charge in [0.15, 0.2) is 11.5 Å². The van der Waals surface area contributed by atoms with Crippen molar-refractivity contribution in [3.8, 4) is 11.5 Å². The molecule has 0 spiro atoms. The largest absolute Gasteiger partial charge is 0.459 e. The molecule has 110 valence electrons. The lowest BCUT2D eigenvalue weighted by atomic mass is 10.2. The van der Waals surface area contributed by atoms with E-state index in [1.165, 1.54) is 11.8 Å². The van der Waals surface area contributed by atoms with E-state index in [1.807, 2.05) is 18.2 Å². The fraction of sp³-hybridized carbons (Fsp3) is 0.308. The van der Waals surface area contributed by atoms with E-state index in [0.717, 1.165) is 17.1 Å². The van der Waals surface area contributed by atoms with Crippen LogP contribution in [-0.4, -0.2) is 29.6 Å². The summed E-state index contributed by atoms with van der Waals surface area (Å²) in [5.41, 5.74) is 1.03. The van der Waals surface area contributed by atoms with E-state index in [4.69, 9.17) is 18.6 Å². The van der Waals surface area contributed by atoms with Gasteiger partial charge in [-0.2, -0.15) is 0 Å². The molecule has 1 aliphatic heterocycles. The number of ether oxygens (including phenoxy) is 3. The topological polar surface area (TPSA) is 83.7 Å². The minimum Gasteiger partial charge on any atom is -0.459 e. The first kappa shape index (κ1) is 13.7. The molecule has 0 saturated carbocycles. The predicted molar refractivity (Wildman–Crippen MR) is 72.4 cm³/mol. The molecule has 1 aromatic carbocycles. The Balaban J connectivity index is 1.61. The molecule has 0 unspecified atom stereocenters. The van der Waals surface area contributed by atoms with Crippen LogP contribution in [0.2, 0.25) is 0 Å². The van der Waals surface area contributed by atoms with Gasteiger partial charge < -0.3 is 18.6 Å². The van der Waals surface area contributed by atoms with Gasteiger partial charge in [0.2, 0.25) is 6.79 Å². The zero-order valence-electron chi connectivity index (χ0n) is 11.2. The van der Waals surface area contributed by atoms with Gasteiger partial charge in [0, 0.05) is 5.75 Å². The second kappa shape index (κ2) is 6.04. The molecule has 2 heterocycles. The third kappa shape index (κ3) is 3.10. The van der Waals surface area contributed by atoms with Crippen molar-refractivity contribution in [1.82, 2.24) is 10.2 Å². The lowest BCUT2D eigenvalue weighted by Gasteiger charge is -2.00. The molecule has 0 fully saturated rings. The summed E-state index contributed by atoms with van der Waals surface area (Å²) in [6, 6.07) is 5.69. The Morgan fingerprint density at radius 3 is 3.05 bits per heavy atom. The predicted octanol–water partition coefficient (Wildman–Crippen LogP) is 2.27. The SMILES string of the molecule is CCOC(=O)c1nnc(SCc2ccc3c(c2)OCO3)o1. The molecule has 0 amide bonds. The molecule has 0 aliphatic carbocycles. The molecule has 8 heteroatoms. The number of fused-ring (bicyclic) bond motifs is 1. The van der Waals surface area contributed by atoms with Crippen molar-refractivity contribution >= 4 is 17.7 Å². The molecule has 0 saturated heterocycles. The van der Waals surface area contributed by atoms with Gasteiger partial charge in [0.1, 0.15) is 0 Å². The van der Waals surface area contributed by atoms with Crippen LogP contribution < -0.4 is 9.47 Å². The van der Waals surface area contributed by atoms with E-state index < -0.39 is 5.97 Å². The zero-order valence-corrected chi connectivity index (χ0v) is 12.0. The molecule has 1 aliphatic rings. The lowest BCUT2D eigenvalue weighted by Crippen LogP contribution is -2.04. The van der Waals surface area contributed by atoms with Gasteiger partial charge in [0.05, 0.1) is 6.61 Å². The van der Waals surface area contributed by atoms with Crippen LogP contribution in [0, 0.1) is 0 Å². The summed E-state index contributed by atoms with van der Waals surface area (Å²) >= 11 is 1.33. The third-order valence-electron chi connectivity index (χ3n) is 2.66. The molecule has 0 radical (unpaired) electrons. The van der Waals surface area contributed by atoms with Crippen LogP contribution in [0.3, 0.4) is 0 Å². The highest BCUT2D eigenvalue weighted by molar-refractivity contribution is 7.98. The molecular weight excluding hydrogens is 296 g/mol. The van der Waals surface area contributed by atoms with Gasteiger partial charge >= 0.3 is 11.9 Å². The first-order valence-electron chi connectivity index (χ1n) is 6.28. The summed E-state index contributed by atoms with van der Waals surface area (Å²) in [6.07, 6.45) is 0. The number of aromatic nitrogens is 2. The zero-order chi connectivity index (χ0) is 14.7. The fourth-order valence-electron chi connectivity index (χ4n) is 1.72. The molecule has 0 N–H and O–H groups in total. The number of esters is 1. The maximum absolute atomic E-state index is 11.4. The molecule has 1 aromatic heterocycles. The highest BCUT2D eigenvalue weighted by atomic mass is 32.2. The van der Waals surface area contributed by atoms with Crippen LogP contribution in [0.4, 0.5) is 0 Å². The maximum atomic E-state index is 11.4. The Morgan fingerprint density at radius 1 is 1.33 bits per heavy atom. The summed E-state index contributed by atoms with van der Waals surface area (Å²) in [4.78, 5) is 11.4. The summed E-state index contributed by atoms with van der Waals surface area (Å²) in [5.74, 6) is 1.34. The van der Waals surface area contributed by atoms with Crippen molar-refractivity contribution < 1.29 is 23.4 Å². The Morgan fingerprint density at radius 2 is 2.19 bits per heavy atom. The minimum absolute atomic E-state index is 0.134. The minimum atomic E-state index is -0.611. The standard InChI is InChI=1S/C13H12N2O5S/c1-2-17-12(16)11-14-15-13(20-11)21-6-8-3-4-9-10(5-8)19-7-18-9/h3-5H,2,6-7H2,1H3. The molecule has 0 atom stereocenters. The second-order valence-corrected chi connectivity index (χ2v) is 5.00. The normalized spacial score (nSPS) is 12.4. The van der Waals surface area contributed by atoms with Crippen molar-refractivity contribution in [3.05, 3.63) is 29.7 Å². The van der Waals surface area contributed by atoms with Gasteiger partial charge in [-0.05, 0) is 24.6 Å². The lowest BCUT2D eigenvalue weighted by molar-refractivity contribution is 0.0475. The van der Waals surface area contributed by atoms with E-state index in [0.29, 0.717) is 11.0 Å². The molecule has 3 rings (SSSR count). The van der Waals surface area contributed by atoms with Crippen LogP contribution in [0.25, 0.3) is 0 Å². The summed E-state index contributed by atoms with van der Waals surface area (Å²) in [5, 5.41) is 7.76. The van der Waals surface area contributed by atoms with Crippen molar-refractivity contribution in [3.63, 3.8) is 0 Å². The average molecular weight is 308 g/mol. The second-order valence-electron chi connectivity index (χ2n) is 4.07. The van der Waals surface area contributed by atoms with Crippen molar-refractivity contribution in [2.75, 3.05) is 13.4 Å². The Labute approximate surface area is 124 Å². The van der Waals surface area contributed by atoms with Crippen LogP contribution in [0.5, 0.6) is 11.5 Å². The molecule has 2 aromatic rings. The summed E-state index contributed by atoms with van der Waals surface area (Å²) in [6.45, 7) is 2.23. The number of hydrogen-bond acceptors (Lipinski definition) is 8. The van der Waals surface area contributed by atoms with Gasteiger partial charge in [0.25, 0.3) is 5.22 Å². The van der Waals surface area contributed by atoms with Crippen molar-refractivity contribution in [1.29, 1.82) is 0 Å². The number of carbonyl (C=O) groups excluding carboxylic acids is 1. The van der Waals surface area contributed by atoms with Crippen LogP contribution in [0.1, 0.15) is 23.2 Å².